The number of nitrogens with zero attached hydrogens (tertiary/aromatic N) is 1. The van der Waals surface area contributed by atoms with Crippen LogP contribution in [0.3, 0.4) is 0 Å². The Kier molecular flexibility index (Phi) is 4.46. The van der Waals surface area contributed by atoms with Gasteiger partial charge in [0.25, 0.3) is 0 Å². The average molecular weight is 282 g/mol. The van der Waals surface area contributed by atoms with Gasteiger partial charge in [-0.05, 0) is 30.2 Å². The number of benzene rings is 1. The molecule has 0 unspecified atom stereocenters. The molecule has 1 heterocycles. The Morgan fingerprint density at radius 3 is 2.71 bits per heavy atom. The van der Waals surface area contributed by atoms with Gasteiger partial charge in [0.15, 0.2) is 0 Å². The summed E-state index contributed by atoms with van der Waals surface area (Å²) in [7, 11) is 0. The maximum atomic E-state index is 11.8. The van der Waals surface area contributed by atoms with Crippen LogP contribution in [0.25, 0.3) is 6.08 Å². The van der Waals surface area contributed by atoms with Crippen molar-refractivity contribution in [2.45, 2.75) is 6.92 Å². The fraction of sp³-hybridized carbons (Fsp3) is 0.0625. The third-order valence-corrected chi connectivity index (χ3v) is 2.86. The summed E-state index contributed by atoms with van der Waals surface area (Å²) < 4.78 is 0. The quantitative estimate of drug-likeness (QED) is 0.845. The Morgan fingerprint density at radius 1 is 1.24 bits per heavy atom. The van der Waals surface area contributed by atoms with E-state index < -0.39 is 5.97 Å². The second-order valence-electron chi connectivity index (χ2n) is 4.45. The van der Waals surface area contributed by atoms with Crippen molar-refractivity contribution in [3.8, 4) is 0 Å². The molecule has 106 valence electrons. The smallest absolute Gasteiger partial charge is 0.337 e. The number of aryl methyl sites for hydroxylation is 1. The summed E-state index contributed by atoms with van der Waals surface area (Å²) >= 11 is 0. The van der Waals surface area contributed by atoms with Gasteiger partial charge in [0, 0.05) is 12.3 Å². The molecule has 0 radical (unpaired) electrons. The SMILES string of the molecule is Cc1ccccc1C=CC(=O)Nc1cncc(C(=O)O)c1. The molecule has 5 heteroatoms. The highest BCUT2D eigenvalue weighted by atomic mass is 16.4. The maximum absolute atomic E-state index is 11.8. The van der Waals surface area contributed by atoms with Crippen molar-refractivity contribution >= 4 is 23.6 Å². The Balaban J connectivity index is 2.07. The number of carbonyl (C=O) groups excluding carboxylic acids is 1. The first-order chi connectivity index (χ1) is 10.1. The highest BCUT2D eigenvalue weighted by molar-refractivity contribution is 6.02. The zero-order chi connectivity index (χ0) is 15.2. The van der Waals surface area contributed by atoms with Gasteiger partial charge in [-0.3, -0.25) is 9.78 Å². The van der Waals surface area contributed by atoms with E-state index in [1.54, 1.807) is 6.08 Å². The summed E-state index contributed by atoms with van der Waals surface area (Å²) in [5.74, 6) is -1.43. The Morgan fingerprint density at radius 2 is 2.00 bits per heavy atom. The molecule has 0 aliphatic heterocycles. The molecule has 1 aromatic heterocycles. The van der Waals surface area contributed by atoms with E-state index in [9.17, 15) is 9.59 Å². The largest absolute Gasteiger partial charge is 0.478 e. The summed E-state index contributed by atoms with van der Waals surface area (Å²) in [6, 6.07) is 9.04. The number of anilines is 1. The molecular formula is C16H14N2O3. The number of hydrogen-bond acceptors (Lipinski definition) is 3. The van der Waals surface area contributed by atoms with Gasteiger partial charge in [-0.2, -0.15) is 0 Å². The number of rotatable bonds is 4. The van der Waals surface area contributed by atoms with E-state index in [0.717, 1.165) is 11.1 Å². The molecule has 2 aromatic rings. The topological polar surface area (TPSA) is 79.3 Å². The van der Waals surface area contributed by atoms with Crippen molar-refractivity contribution in [2.75, 3.05) is 5.32 Å². The lowest BCUT2D eigenvalue weighted by Crippen LogP contribution is -2.09. The number of pyridine rings is 1. The molecule has 1 amide bonds. The highest BCUT2D eigenvalue weighted by Gasteiger charge is 2.05. The summed E-state index contributed by atoms with van der Waals surface area (Å²) in [6.07, 6.45) is 5.72. The highest BCUT2D eigenvalue weighted by Crippen LogP contribution is 2.11. The fourth-order valence-electron chi connectivity index (χ4n) is 1.75. The molecule has 0 spiro atoms. The number of nitrogens with one attached hydrogen (secondary N) is 1. The van der Waals surface area contributed by atoms with Crippen molar-refractivity contribution in [3.63, 3.8) is 0 Å². The standard InChI is InChI=1S/C16H14N2O3/c1-11-4-2-3-5-12(11)6-7-15(19)18-14-8-13(16(20)21)9-17-10-14/h2-10H,1H3,(H,18,19)(H,20,21). The molecule has 0 aliphatic carbocycles. The van der Waals surface area contributed by atoms with Gasteiger partial charge in [-0.1, -0.05) is 24.3 Å². The van der Waals surface area contributed by atoms with E-state index in [4.69, 9.17) is 5.11 Å². The van der Waals surface area contributed by atoms with Gasteiger partial charge in [0.1, 0.15) is 0 Å². The third-order valence-electron chi connectivity index (χ3n) is 2.86. The number of hydrogen-bond donors (Lipinski definition) is 2. The zero-order valence-electron chi connectivity index (χ0n) is 11.4. The van der Waals surface area contributed by atoms with E-state index in [1.165, 1.54) is 24.5 Å². The van der Waals surface area contributed by atoms with Crippen LogP contribution in [0, 0.1) is 6.92 Å². The van der Waals surface area contributed by atoms with E-state index >= 15 is 0 Å². The molecule has 1 aromatic carbocycles. The van der Waals surface area contributed by atoms with Crippen LogP contribution in [0.15, 0.2) is 48.8 Å². The van der Waals surface area contributed by atoms with E-state index in [0.29, 0.717) is 5.69 Å². The minimum Gasteiger partial charge on any atom is -0.478 e. The number of amides is 1. The molecule has 21 heavy (non-hydrogen) atoms. The van der Waals surface area contributed by atoms with Crippen LogP contribution < -0.4 is 5.32 Å². The normalized spacial score (nSPS) is 10.5. The molecule has 0 saturated carbocycles. The summed E-state index contributed by atoms with van der Waals surface area (Å²) in [4.78, 5) is 26.4. The first-order valence-corrected chi connectivity index (χ1v) is 6.29. The van der Waals surface area contributed by atoms with E-state index in [2.05, 4.69) is 10.3 Å². The van der Waals surface area contributed by atoms with Crippen LogP contribution in [-0.2, 0) is 4.79 Å². The minimum absolute atomic E-state index is 0.0238. The zero-order valence-corrected chi connectivity index (χ0v) is 11.4. The Hall–Kier alpha value is -2.95. The number of carboxylic acid groups (broad SMARTS) is 1. The first-order valence-electron chi connectivity index (χ1n) is 6.29. The van der Waals surface area contributed by atoms with Gasteiger partial charge in [0.2, 0.25) is 5.91 Å². The maximum Gasteiger partial charge on any atom is 0.337 e. The van der Waals surface area contributed by atoms with E-state index in [-0.39, 0.29) is 11.5 Å². The second kappa shape index (κ2) is 6.47. The number of aromatic nitrogens is 1. The van der Waals surface area contributed by atoms with Gasteiger partial charge < -0.3 is 10.4 Å². The van der Waals surface area contributed by atoms with Crippen molar-refractivity contribution in [3.05, 3.63) is 65.5 Å². The van der Waals surface area contributed by atoms with E-state index in [1.807, 2.05) is 31.2 Å². The number of aromatic carboxylic acids is 1. The summed E-state index contributed by atoms with van der Waals surface area (Å²) in [5.41, 5.74) is 2.38. The summed E-state index contributed by atoms with van der Waals surface area (Å²) in [5, 5.41) is 11.4. The van der Waals surface area contributed by atoms with Crippen molar-refractivity contribution in [1.29, 1.82) is 0 Å². The number of carboxylic acids is 1. The van der Waals surface area contributed by atoms with Crippen molar-refractivity contribution in [2.24, 2.45) is 0 Å². The molecule has 2 rings (SSSR count). The van der Waals surface area contributed by atoms with Gasteiger partial charge >= 0.3 is 5.97 Å². The third kappa shape index (κ3) is 4.01. The van der Waals surface area contributed by atoms with Gasteiger partial charge in [-0.25, -0.2) is 4.79 Å². The molecule has 0 aliphatic rings. The Bertz CT molecular complexity index is 708. The lowest BCUT2D eigenvalue weighted by Gasteiger charge is -2.03. The molecule has 5 nitrogen and oxygen atoms in total. The van der Waals surface area contributed by atoms with Crippen LogP contribution in [0.5, 0.6) is 0 Å². The first kappa shape index (κ1) is 14.5. The van der Waals surface area contributed by atoms with Crippen LogP contribution >= 0.6 is 0 Å². The number of carbonyl (C=O) groups is 2. The van der Waals surface area contributed by atoms with Crippen LogP contribution in [0.4, 0.5) is 5.69 Å². The molecule has 0 bridgehead atoms. The predicted octanol–water partition coefficient (Wildman–Crippen LogP) is 2.74. The minimum atomic E-state index is -1.09. The summed E-state index contributed by atoms with van der Waals surface area (Å²) in [6.45, 7) is 1.96. The van der Waals surface area contributed by atoms with Crippen LogP contribution in [0.2, 0.25) is 0 Å². The monoisotopic (exact) mass is 282 g/mol. The van der Waals surface area contributed by atoms with Gasteiger partial charge in [-0.15, -0.1) is 0 Å². The second-order valence-corrected chi connectivity index (χ2v) is 4.45. The molecule has 2 N–H and O–H groups in total. The molecular weight excluding hydrogens is 268 g/mol. The van der Waals surface area contributed by atoms with Crippen LogP contribution in [-0.4, -0.2) is 22.0 Å². The van der Waals surface area contributed by atoms with Crippen molar-refractivity contribution < 1.29 is 14.7 Å². The lowest BCUT2D eigenvalue weighted by atomic mass is 10.1. The molecule has 0 saturated heterocycles. The molecule has 0 fully saturated rings. The van der Waals surface area contributed by atoms with Crippen LogP contribution in [0.1, 0.15) is 21.5 Å². The van der Waals surface area contributed by atoms with Crippen molar-refractivity contribution in [1.82, 2.24) is 4.98 Å². The predicted molar refractivity (Wildman–Crippen MR) is 80.0 cm³/mol. The van der Waals surface area contributed by atoms with Gasteiger partial charge in [0.05, 0.1) is 17.4 Å². The molecule has 0 atom stereocenters. The fourth-order valence-corrected chi connectivity index (χ4v) is 1.75. The lowest BCUT2D eigenvalue weighted by molar-refractivity contribution is -0.111. The Labute approximate surface area is 122 Å². The average Bonchev–Trinajstić information content (AvgIpc) is 2.46.